The summed E-state index contributed by atoms with van der Waals surface area (Å²) >= 11 is 0. The third kappa shape index (κ3) is 6.63. The van der Waals surface area contributed by atoms with E-state index >= 15 is 0 Å². The number of alkyl halides is 2. The minimum absolute atomic E-state index is 0.0598. The number of rotatable bonds is 10. The lowest BCUT2D eigenvalue weighted by Crippen LogP contribution is -2.30. The number of nitrogens with zero attached hydrogens (tertiary/aromatic N) is 3. The molecule has 7 nitrogen and oxygen atoms in total. The van der Waals surface area contributed by atoms with Gasteiger partial charge in [0.25, 0.3) is 0 Å². The van der Waals surface area contributed by atoms with Gasteiger partial charge in [0.15, 0.2) is 11.5 Å². The molecule has 0 aliphatic heterocycles. The first-order chi connectivity index (χ1) is 15.0. The first-order valence-electron chi connectivity index (χ1n) is 9.62. The van der Waals surface area contributed by atoms with Gasteiger partial charge in [-0.05, 0) is 36.3 Å². The molecule has 3 rings (SSSR count). The number of hydrogen-bond donors (Lipinski definition) is 1. The number of halogens is 2. The molecule has 1 N–H and O–H groups in total. The predicted molar refractivity (Wildman–Crippen MR) is 111 cm³/mol. The van der Waals surface area contributed by atoms with Crippen molar-refractivity contribution in [3.05, 3.63) is 78.4 Å². The molecule has 1 amide bonds. The predicted octanol–water partition coefficient (Wildman–Crippen LogP) is 3.85. The van der Waals surface area contributed by atoms with Crippen LogP contribution in [-0.4, -0.2) is 33.9 Å². The Hall–Kier alpha value is -3.75. The van der Waals surface area contributed by atoms with Crippen molar-refractivity contribution in [1.82, 2.24) is 20.1 Å². The molecule has 0 radical (unpaired) electrons. The molecule has 0 spiro atoms. The Bertz CT molecular complexity index is 995. The summed E-state index contributed by atoms with van der Waals surface area (Å²) in [4.78, 5) is 16.5. The standard InChI is InChI=1S/C22H22F2N4O3/c1-2-30-20-12-16(8-10-19(20)31-22(23)24)9-11-21(29)27-18(13-28-15-25-14-26-28)17-6-4-3-5-7-17/h3-12,14-15,18,22H,2,13H2,1H3,(H,27,29)/b11-9+. The minimum Gasteiger partial charge on any atom is -0.490 e. The number of aromatic nitrogens is 3. The van der Waals surface area contributed by atoms with Crippen LogP contribution in [0.25, 0.3) is 6.08 Å². The molecule has 0 fully saturated rings. The van der Waals surface area contributed by atoms with E-state index in [0.717, 1.165) is 5.56 Å². The van der Waals surface area contributed by atoms with E-state index in [9.17, 15) is 13.6 Å². The van der Waals surface area contributed by atoms with Crippen molar-refractivity contribution >= 4 is 12.0 Å². The van der Waals surface area contributed by atoms with Gasteiger partial charge < -0.3 is 14.8 Å². The first kappa shape index (κ1) is 21.9. The molecule has 0 aliphatic rings. The Kier molecular flexibility index (Phi) is 7.69. The maximum absolute atomic E-state index is 12.6. The SMILES string of the molecule is CCOc1cc(/C=C/C(=O)NC(Cn2cncn2)c2ccccc2)ccc1OC(F)F. The Morgan fingerprint density at radius 3 is 2.68 bits per heavy atom. The van der Waals surface area contributed by atoms with Crippen molar-refractivity contribution in [3.63, 3.8) is 0 Å². The van der Waals surface area contributed by atoms with Crippen LogP contribution in [0.4, 0.5) is 8.78 Å². The van der Waals surface area contributed by atoms with Crippen LogP contribution < -0.4 is 14.8 Å². The number of carbonyl (C=O) groups is 1. The Morgan fingerprint density at radius 2 is 2.00 bits per heavy atom. The molecule has 1 unspecified atom stereocenters. The van der Waals surface area contributed by atoms with Gasteiger partial charge in [0.05, 0.1) is 19.2 Å². The quantitative estimate of drug-likeness (QED) is 0.497. The lowest BCUT2D eigenvalue weighted by Gasteiger charge is -2.18. The van der Waals surface area contributed by atoms with Crippen molar-refractivity contribution < 1.29 is 23.0 Å². The van der Waals surface area contributed by atoms with Crippen LogP contribution in [-0.2, 0) is 11.3 Å². The molecule has 162 valence electrons. The van der Waals surface area contributed by atoms with Gasteiger partial charge in [0.1, 0.15) is 12.7 Å². The normalized spacial score (nSPS) is 12.1. The van der Waals surface area contributed by atoms with E-state index in [1.807, 2.05) is 30.3 Å². The van der Waals surface area contributed by atoms with Crippen LogP contribution >= 0.6 is 0 Å². The maximum Gasteiger partial charge on any atom is 0.387 e. The molecule has 0 saturated heterocycles. The van der Waals surface area contributed by atoms with E-state index < -0.39 is 6.61 Å². The number of carbonyl (C=O) groups excluding carboxylic acids is 1. The monoisotopic (exact) mass is 428 g/mol. The highest BCUT2D eigenvalue weighted by molar-refractivity contribution is 5.92. The molecule has 2 aromatic carbocycles. The largest absolute Gasteiger partial charge is 0.490 e. The Balaban J connectivity index is 1.72. The van der Waals surface area contributed by atoms with Crippen molar-refractivity contribution in [2.45, 2.75) is 26.1 Å². The molecular weight excluding hydrogens is 406 g/mol. The number of amides is 1. The summed E-state index contributed by atoms with van der Waals surface area (Å²) in [6, 6.07) is 13.7. The van der Waals surface area contributed by atoms with Crippen LogP contribution in [0.15, 0.2) is 67.3 Å². The third-order valence-electron chi connectivity index (χ3n) is 4.27. The van der Waals surface area contributed by atoms with Crippen LogP contribution in [0.1, 0.15) is 24.1 Å². The average Bonchev–Trinajstić information content (AvgIpc) is 3.27. The summed E-state index contributed by atoms with van der Waals surface area (Å²) in [6.45, 7) is -0.515. The highest BCUT2D eigenvalue weighted by Crippen LogP contribution is 2.30. The molecule has 3 aromatic rings. The van der Waals surface area contributed by atoms with Gasteiger partial charge >= 0.3 is 6.61 Å². The minimum atomic E-state index is -2.95. The first-order valence-corrected chi connectivity index (χ1v) is 9.62. The van der Waals surface area contributed by atoms with Gasteiger partial charge in [-0.2, -0.15) is 13.9 Å². The van der Waals surface area contributed by atoms with Gasteiger partial charge in [-0.1, -0.05) is 36.4 Å². The zero-order chi connectivity index (χ0) is 22.1. The molecule has 31 heavy (non-hydrogen) atoms. The smallest absolute Gasteiger partial charge is 0.387 e. The van der Waals surface area contributed by atoms with Gasteiger partial charge in [-0.3, -0.25) is 9.48 Å². The highest BCUT2D eigenvalue weighted by atomic mass is 19.3. The second-order valence-electron chi connectivity index (χ2n) is 6.44. The van der Waals surface area contributed by atoms with Gasteiger partial charge in [-0.15, -0.1) is 0 Å². The highest BCUT2D eigenvalue weighted by Gasteiger charge is 2.15. The summed E-state index contributed by atoms with van der Waals surface area (Å²) in [6.07, 6.45) is 5.95. The zero-order valence-corrected chi connectivity index (χ0v) is 16.8. The topological polar surface area (TPSA) is 78.3 Å². The fraction of sp³-hybridized carbons (Fsp3) is 0.227. The van der Waals surface area contributed by atoms with E-state index in [4.69, 9.17) is 4.74 Å². The number of ether oxygens (including phenoxy) is 2. The molecule has 0 bridgehead atoms. The summed E-state index contributed by atoms with van der Waals surface area (Å²) < 4.78 is 36.5. The molecule has 9 heteroatoms. The lowest BCUT2D eigenvalue weighted by atomic mass is 10.1. The average molecular weight is 428 g/mol. The molecule has 1 atom stereocenters. The summed E-state index contributed by atoms with van der Waals surface area (Å²) in [5.74, 6) is -0.200. The van der Waals surface area contributed by atoms with E-state index in [1.54, 1.807) is 30.1 Å². The van der Waals surface area contributed by atoms with Gasteiger partial charge in [0, 0.05) is 6.08 Å². The molecule has 0 aliphatic carbocycles. The van der Waals surface area contributed by atoms with E-state index in [1.165, 1.54) is 24.5 Å². The van der Waals surface area contributed by atoms with Gasteiger partial charge in [-0.25, -0.2) is 4.98 Å². The lowest BCUT2D eigenvalue weighted by molar-refractivity contribution is -0.117. The van der Waals surface area contributed by atoms with E-state index in [0.29, 0.717) is 12.1 Å². The molecule has 1 aromatic heterocycles. The summed E-state index contributed by atoms with van der Waals surface area (Å²) in [5, 5.41) is 7.04. The fourth-order valence-corrected chi connectivity index (χ4v) is 2.92. The summed E-state index contributed by atoms with van der Waals surface area (Å²) in [5.41, 5.74) is 1.53. The number of hydrogen-bond acceptors (Lipinski definition) is 5. The Labute approximate surface area is 178 Å². The maximum atomic E-state index is 12.6. The second kappa shape index (κ2) is 10.9. The van der Waals surface area contributed by atoms with Crippen molar-refractivity contribution in [2.24, 2.45) is 0 Å². The van der Waals surface area contributed by atoms with E-state index in [-0.39, 0.29) is 30.1 Å². The van der Waals surface area contributed by atoms with Crippen molar-refractivity contribution in [1.29, 1.82) is 0 Å². The van der Waals surface area contributed by atoms with Crippen LogP contribution in [0.5, 0.6) is 11.5 Å². The molecule has 0 saturated carbocycles. The zero-order valence-electron chi connectivity index (χ0n) is 16.8. The Morgan fingerprint density at radius 1 is 1.19 bits per heavy atom. The van der Waals surface area contributed by atoms with Gasteiger partial charge in [0.2, 0.25) is 5.91 Å². The van der Waals surface area contributed by atoms with Crippen LogP contribution in [0.2, 0.25) is 0 Å². The summed E-state index contributed by atoms with van der Waals surface area (Å²) in [7, 11) is 0. The van der Waals surface area contributed by atoms with Crippen LogP contribution in [0.3, 0.4) is 0 Å². The van der Waals surface area contributed by atoms with E-state index in [2.05, 4.69) is 20.1 Å². The number of benzene rings is 2. The van der Waals surface area contributed by atoms with Crippen molar-refractivity contribution in [3.8, 4) is 11.5 Å². The second-order valence-corrected chi connectivity index (χ2v) is 6.44. The van der Waals surface area contributed by atoms with Crippen LogP contribution in [0, 0.1) is 0 Å². The third-order valence-corrected chi connectivity index (χ3v) is 4.27. The van der Waals surface area contributed by atoms with Crippen molar-refractivity contribution in [2.75, 3.05) is 6.61 Å². The fourth-order valence-electron chi connectivity index (χ4n) is 2.92. The number of nitrogens with one attached hydrogen (secondary N) is 1. The molecular formula is C22H22F2N4O3. The molecule has 1 heterocycles.